The summed E-state index contributed by atoms with van der Waals surface area (Å²) < 4.78 is 24.8. The Kier molecular flexibility index (Phi) is 13.4. The molecule has 0 saturated carbocycles. The number of ether oxygens (including phenoxy) is 5. The maximum absolute atomic E-state index is 12.2. The number of carbonyl (C=O) groups is 4. The Bertz CT molecular complexity index is 568. The van der Waals surface area contributed by atoms with Crippen molar-refractivity contribution in [3.63, 3.8) is 0 Å². The van der Waals surface area contributed by atoms with Crippen LogP contribution in [0.25, 0.3) is 0 Å². The second-order valence-electron chi connectivity index (χ2n) is 6.92. The first-order chi connectivity index (χ1) is 14.1. The Morgan fingerprint density at radius 1 is 0.933 bits per heavy atom. The third-order valence-electron chi connectivity index (χ3n) is 4.06. The molecule has 0 aliphatic rings. The number of amides is 1. The predicted octanol–water partition coefficient (Wildman–Crippen LogP) is 0.699. The molecular weight excluding hydrogens is 400 g/mol. The molecule has 30 heavy (non-hydrogen) atoms. The summed E-state index contributed by atoms with van der Waals surface area (Å²) in [5.41, 5.74) is 0. The molecule has 0 aromatic carbocycles. The molecule has 0 aromatic rings. The van der Waals surface area contributed by atoms with Gasteiger partial charge in [-0.3, -0.25) is 14.5 Å². The zero-order valence-electron chi connectivity index (χ0n) is 18.8. The van der Waals surface area contributed by atoms with Crippen molar-refractivity contribution in [2.75, 3.05) is 41.2 Å². The van der Waals surface area contributed by atoms with Crippen LogP contribution in [0.5, 0.6) is 0 Å². The summed E-state index contributed by atoms with van der Waals surface area (Å²) in [5, 5.41) is 2.99. The second kappa shape index (κ2) is 14.6. The van der Waals surface area contributed by atoms with Crippen LogP contribution in [0.2, 0.25) is 0 Å². The number of methoxy groups -OCH3 is 3. The van der Waals surface area contributed by atoms with Gasteiger partial charge in [0.2, 0.25) is 0 Å². The zero-order chi connectivity index (χ0) is 23.3. The van der Waals surface area contributed by atoms with E-state index in [1.807, 2.05) is 13.8 Å². The number of rotatable bonds is 13. The van der Waals surface area contributed by atoms with Crippen molar-refractivity contribution in [3.8, 4) is 0 Å². The average molecular weight is 434 g/mol. The van der Waals surface area contributed by atoms with Crippen LogP contribution in [0, 0.1) is 5.92 Å². The maximum atomic E-state index is 12.2. The van der Waals surface area contributed by atoms with Gasteiger partial charge in [0.15, 0.2) is 6.73 Å². The van der Waals surface area contributed by atoms with Gasteiger partial charge in [0.05, 0.1) is 27.4 Å². The number of hydrogen-bond acceptors (Lipinski definition) is 10. The lowest BCUT2D eigenvalue weighted by Crippen LogP contribution is -2.51. The van der Waals surface area contributed by atoms with E-state index < -0.39 is 48.9 Å². The zero-order valence-corrected chi connectivity index (χ0v) is 18.8. The number of hydrogen-bond donors (Lipinski definition) is 1. The van der Waals surface area contributed by atoms with Gasteiger partial charge in [0.1, 0.15) is 12.1 Å². The molecule has 3 atom stereocenters. The molecule has 0 fully saturated rings. The van der Waals surface area contributed by atoms with Crippen LogP contribution in [0.1, 0.15) is 34.1 Å². The van der Waals surface area contributed by atoms with Gasteiger partial charge in [-0.25, -0.2) is 9.59 Å². The molecule has 0 radical (unpaired) electrons. The number of nitrogens with one attached hydrogen (secondary N) is 1. The normalized spacial score (nSPS) is 13.7. The fourth-order valence-electron chi connectivity index (χ4n) is 2.47. The topological polar surface area (TPSA) is 130 Å². The molecule has 0 aliphatic heterocycles. The highest BCUT2D eigenvalue weighted by Gasteiger charge is 2.33. The maximum Gasteiger partial charge on any atom is 0.412 e. The second-order valence-corrected chi connectivity index (χ2v) is 6.92. The molecule has 0 saturated heterocycles. The molecule has 3 unspecified atom stereocenters. The number of nitrogens with zero attached hydrogens (tertiary/aromatic N) is 1. The molecule has 174 valence electrons. The van der Waals surface area contributed by atoms with Gasteiger partial charge < -0.3 is 29.0 Å². The first kappa shape index (κ1) is 27.6. The third-order valence-corrected chi connectivity index (χ3v) is 4.06. The van der Waals surface area contributed by atoms with Crippen molar-refractivity contribution >= 4 is 24.0 Å². The molecule has 0 bridgehead atoms. The highest BCUT2D eigenvalue weighted by atomic mass is 16.6. The van der Waals surface area contributed by atoms with Crippen LogP contribution < -0.4 is 5.32 Å². The molecular formula is C19H34N2O9. The van der Waals surface area contributed by atoms with Crippen LogP contribution in [0.3, 0.4) is 0 Å². The summed E-state index contributed by atoms with van der Waals surface area (Å²) in [7, 11) is 3.57. The SMILES string of the molecule is COC(=O)C(NCCC(C(=O)OC)N(COC(C)=O)C(=O)OC)C(C)OCC(C)C. The smallest absolute Gasteiger partial charge is 0.412 e. The highest BCUT2D eigenvalue weighted by molar-refractivity contribution is 5.81. The van der Waals surface area contributed by atoms with E-state index in [4.69, 9.17) is 18.9 Å². The lowest BCUT2D eigenvalue weighted by molar-refractivity contribution is -0.155. The summed E-state index contributed by atoms with van der Waals surface area (Å²) in [6.07, 6.45) is -1.31. The number of carbonyl (C=O) groups excluding carboxylic acids is 4. The van der Waals surface area contributed by atoms with E-state index in [2.05, 4.69) is 10.1 Å². The van der Waals surface area contributed by atoms with Gasteiger partial charge >= 0.3 is 24.0 Å². The van der Waals surface area contributed by atoms with Gasteiger partial charge in [-0.1, -0.05) is 13.8 Å². The van der Waals surface area contributed by atoms with Crippen molar-refractivity contribution in [1.82, 2.24) is 10.2 Å². The summed E-state index contributed by atoms with van der Waals surface area (Å²) in [5.74, 6) is -1.60. The summed E-state index contributed by atoms with van der Waals surface area (Å²) >= 11 is 0. The predicted molar refractivity (Wildman–Crippen MR) is 105 cm³/mol. The van der Waals surface area contributed by atoms with Gasteiger partial charge in [0, 0.05) is 13.5 Å². The third kappa shape index (κ3) is 9.88. The molecule has 11 nitrogen and oxygen atoms in total. The fraction of sp³-hybridized carbons (Fsp3) is 0.789. The van der Waals surface area contributed by atoms with Gasteiger partial charge in [0.25, 0.3) is 0 Å². The van der Waals surface area contributed by atoms with E-state index in [1.165, 1.54) is 21.1 Å². The molecule has 0 aromatic heterocycles. The van der Waals surface area contributed by atoms with E-state index >= 15 is 0 Å². The van der Waals surface area contributed by atoms with Crippen LogP contribution >= 0.6 is 0 Å². The Morgan fingerprint density at radius 3 is 2.00 bits per heavy atom. The van der Waals surface area contributed by atoms with Crippen LogP contribution in [0.4, 0.5) is 4.79 Å². The molecule has 11 heteroatoms. The first-order valence-corrected chi connectivity index (χ1v) is 9.57. The monoisotopic (exact) mass is 434 g/mol. The first-order valence-electron chi connectivity index (χ1n) is 9.57. The van der Waals surface area contributed by atoms with E-state index in [0.717, 1.165) is 12.0 Å². The average Bonchev–Trinajstić information content (AvgIpc) is 2.71. The Hall–Kier alpha value is -2.40. The van der Waals surface area contributed by atoms with E-state index in [9.17, 15) is 19.2 Å². The number of esters is 3. The minimum absolute atomic E-state index is 0.0490. The summed E-state index contributed by atoms with van der Waals surface area (Å²) in [6.45, 7) is 6.97. The van der Waals surface area contributed by atoms with Crippen molar-refractivity contribution in [3.05, 3.63) is 0 Å². The summed E-state index contributed by atoms with van der Waals surface area (Å²) in [6, 6.07) is -1.90. The molecule has 1 amide bonds. The van der Waals surface area contributed by atoms with Gasteiger partial charge in [-0.05, 0) is 25.8 Å². The Morgan fingerprint density at radius 2 is 1.53 bits per heavy atom. The van der Waals surface area contributed by atoms with Gasteiger partial charge in [-0.2, -0.15) is 0 Å². The standard InChI is InChI=1S/C19H34N2O9/c1-12(2)10-29-13(3)16(18(24)27-6)20-9-8-15(17(23)26-5)21(19(25)28-7)11-30-14(4)22/h12-13,15-16,20H,8-11H2,1-7H3. The van der Waals surface area contributed by atoms with Crippen molar-refractivity contribution < 1.29 is 42.9 Å². The van der Waals surface area contributed by atoms with E-state index in [0.29, 0.717) is 6.61 Å². The largest absolute Gasteiger partial charge is 0.468 e. The van der Waals surface area contributed by atoms with Crippen LogP contribution in [-0.4, -0.2) is 88.3 Å². The van der Waals surface area contributed by atoms with Crippen molar-refractivity contribution in [1.29, 1.82) is 0 Å². The lowest BCUT2D eigenvalue weighted by Gasteiger charge is -2.29. The molecule has 1 N–H and O–H groups in total. The quantitative estimate of drug-likeness (QED) is 0.251. The van der Waals surface area contributed by atoms with E-state index in [-0.39, 0.29) is 18.9 Å². The van der Waals surface area contributed by atoms with Gasteiger partial charge in [-0.15, -0.1) is 0 Å². The fourth-order valence-corrected chi connectivity index (χ4v) is 2.47. The van der Waals surface area contributed by atoms with Crippen LogP contribution in [-0.2, 0) is 38.1 Å². The molecule has 0 aliphatic carbocycles. The Balaban J connectivity index is 5.25. The molecule has 0 rings (SSSR count). The highest BCUT2D eigenvalue weighted by Crippen LogP contribution is 2.11. The molecule has 0 spiro atoms. The van der Waals surface area contributed by atoms with Crippen molar-refractivity contribution in [2.45, 2.75) is 52.3 Å². The Labute approximate surface area is 177 Å². The molecule has 0 heterocycles. The minimum Gasteiger partial charge on any atom is -0.468 e. The van der Waals surface area contributed by atoms with Crippen molar-refractivity contribution in [2.24, 2.45) is 5.92 Å². The lowest BCUT2D eigenvalue weighted by atomic mass is 10.1. The summed E-state index contributed by atoms with van der Waals surface area (Å²) in [4.78, 5) is 48.5. The van der Waals surface area contributed by atoms with Crippen LogP contribution in [0.15, 0.2) is 0 Å². The van der Waals surface area contributed by atoms with E-state index in [1.54, 1.807) is 6.92 Å². The minimum atomic E-state index is -1.11.